The summed E-state index contributed by atoms with van der Waals surface area (Å²) >= 11 is 0. The molecule has 0 radical (unpaired) electrons. The van der Waals surface area contributed by atoms with Crippen molar-refractivity contribution in [1.29, 1.82) is 0 Å². The molecule has 1 atom stereocenters. The number of hydrogen-bond acceptors (Lipinski definition) is 4. The summed E-state index contributed by atoms with van der Waals surface area (Å²) in [6.07, 6.45) is 4.30. The van der Waals surface area contributed by atoms with Gasteiger partial charge in [0.05, 0.1) is 0 Å². The summed E-state index contributed by atoms with van der Waals surface area (Å²) in [5, 5.41) is 12.4. The van der Waals surface area contributed by atoms with Crippen molar-refractivity contribution in [2.45, 2.75) is 26.5 Å². The van der Waals surface area contributed by atoms with E-state index >= 15 is 0 Å². The highest BCUT2D eigenvalue weighted by Gasteiger charge is 2.10. The molecule has 0 aliphatic rings. The van der Waals surface area contributed by atoms with Crippen LogP contribution in [0.15, 0.2) is 61.1 Å². The largest absolute Gasteiger partial charge is 0.383 e. The van der Waals surface area contributed by atoms with Gasteiger partial charge in [-0.25, -0.2) is 9.97 Å². The van der Waals surface area contributed by atoms with E-state index in [1.807, 2.05) is 42.0 Å². The van der Waals surface area contributed by atoms with Gasteiger partial charge in [0.15, 0.2) is 6.10 Å². The van der Waals surface area contributed by atoms with E-state index in [4.69, 9.17) is 5.73 Å². The molecule has 0 aliphatic heterocycles. The molecular formula is C24H22N4O. The van der Waals surface area contributed by atoms with Crippen LogP contribution in [0.3, 0.4) is 0 Å². The molecule has 5 nitrogen and oxygen atoms in total. The third kappa shape index (κ3) is 3.71. The van der Waals surface area contributed by atoms with E-state index in [0.717, 1.165) is 39.6 Å². The molecule has 29 heavy (non-hydrogen) atoms. The Morgan fingerprint density at radius 3 is 2.79 bits per heavy atom. The highest BCUT2D eigenvalue weighted by atomic mass is 16.3. The number of imidazole rings is 1. The first-order valence-corrected chi connectivity index (χ1v) is 9.52. The Balaban J connectivity index is 1.70. The minimum atomic E-state index is -0.929. The predicted molar refractivity (Wildman–Crippen MR) is 116 cm³/mol. The summed E-state index contributed by atoms with van der Waals surface area (Å²) in [5.74, 6) is 7.07. The van der Waals surface area contributed by atoms with Crippen LogP contribution in [0.2, 0.25) is 0 Å². The van der Waals surface area contributed by atoms with Gasteiger partial charge in [0.2, 0.25) is 0 Å². The van der Waals surface area contributed by atoms with Crippen molar-refractivity contribution in [3.05, 3.63) is 78.0 Å². The van der Waals surface area contributed by atoms with Crippen LogP contribution in [0.4, 0.5) is 5.82 Å². The fraction of sp³-hybridized carbons (Fsp3) is 0.167. The number of anilines is 1. The van der Waals surface area contributed by atoms with Crippen LogP contribution in [0.1, 0.15) is 30.0 Å². The van der Waals surface area contributed by atoms with Gasteiger partial charge >= 0.3 is 0 Å². The first-order valence-electron chi connectivity index (χ1n) is 9.52. The fourth-order valence-corrected chi connectivity index (χ4v) is 3.42. The van der Waals surface area contributed by atoms with E-state index in [1.165, 1.54) is 0 Å². The Kier molecular flexibility index (Phi) is 5.03. The Bertz CT molecular complexity index is 1250. The van der Waals surface area contributed by atoms with Gasteiger partial charge in [-0.15, -0.1) is 0 Å². The number of nitrogens with zero attached hydrogens (tertiary/aromatic N) is 3. The second kappa shape index (κ2) is 7.78. The van der Waals surface area contributed by atoms with Gasteiger partial charge in [0.25, 0.3) is 0 Å². The SMILES string of the molecule is CCn1ccnc1[C@H](O)C#Cc1ccc(C)c(-c2ccc3ccnc(N)c3c2)c1. The van der Waals surface area contributed by atoms with Crippen molar-refractivity contribution in [1.82, 2.24) is 14.5 Å². The molecule has 2 aromatic heterocycles. The molecule has 0 bridgehead atoms. The average Bonchev–Trinajstić information content (AvgIpc) is 3.22. The van der Waals surface area contributed by atoms with Crippen LogP contribution in [-0.4, -0.2) is 19.6 Å². The van der Waals surface area contributed by atoms with E-state index in [1.54, 1.807) is 12.4 Å². The zero-order chi connectivity index (χ0) is 20.4. The van der Waals surface area contributed by atoms with Gasteiger partial charge in [0, 0.05) is 36.1 Å². The van der Waals surface area contributed by atoms with Crippen molar-refractivity contribution in [2.75, 3.05) is 5.73 Å². The Morgan fingerprint density at radius 2 is 1.97 bits per heavy atom. The minimum absolute atomic E-state index is 0.521. The Morgan fingerprint density at radius 1 is 1.10 bits per heavy atom. The molecule has 2 heterocycles. The third-order valence-corrected chi connectivity index (χ3v) is 5.03. The molecule has 0 saturated carbocycles. The number of benzene rings is 2. The molecule has 0 spiro atoms. The predicted octanol–water partition coefficient (Wildman–Crippen LogP) is 4.09. The number of pyridine rings is 1. The monoisotopic (exact) mass is 382 g/mol. The molecule has 4 aromatic rings. The molecule has 0 unspecified atom stereocenters. The van der Waals surface area contributed by atoms with Crippen LogP contribution >= 0.6 is 0 Å². The quantitative estimate of drug-likeness (QED) is 0.523. The van der Waals surface area contributed by atoms with Crippen LogP contribution in [0.5, 0.6) is 0 Å². The number of aliphatic hydroxyl groups excluding tert-OH is 1. The lowest BCUT2D eigenvalue weighted by Crippen LogP contribution is -2.05. The summed E-state index contributed by atoms with van der Waals surface area (Å²) in [6.45, 7) is 4.81. The molecule has 2 aromatic carbocycles. The maximum atomic E-state index is 10.4. The van der Waals surface area contributed by atoms with Crippen LogP contribution < -0.4 is 5.73 Å². The minimum Gasteiger partial charge on any atom is -0.383 e. The van der Waals surface area contributed by atoms with Crippen molar-refractivity contribution >= 4 is 16.6 Å². The average molecular weight is 382 g/mol. The Hall–Kier alpha value is -3.62. The van der Waals surface area contributed by atoms with Crippen molar-refractivity contribution in [3.63, 3.8) is 0 Å². The first kappa shape index (κ1) is 18.7. The van der Waals surface area contributed by atoms with E-state index in [-0.39, 0.29) is 0 Å². The number of aryl methyl sites for hydroxylation is 2. The van der Waals surface area contributed by atoms with Gasteiger partial charge < -0.3 is 15.4 Å². The van der Waals surface area contributed by atoms with E-state index < -0.39 is 6.10 Å². The van der Waals surface area contributed by atoms with E-state index in [9.17, 15) is 5.11 Å². The number of nitrogens with two attached hydrogens (primary N) is 1. The van der Waals surface area contributed by atoms with Crippen LogP contribution in [0, 0.1) is 18.8 Å². The maximum absolute atomic E-state index is 10.4. The zero-order valence-electron chi connectivity index (χ0n) is 16.4. The standard InChI is InChI=1S/C24H22N4O/c1-3-28-13-12-27-24(28)22(29)9-6-17-5-4-16(2)20(14-17)19-8-7-18-10-11-26-23(25)21(18)15-19/h4-5,7-8,10-15,22,29H,3H2,1-2H3,(H2,25,26)/t22-/m1/s1. The van der Waals surface area contributed by atoms with Crippen molar-refractivity contribution < 1.29 is 5.11 Å². The maximum Gasteiger partial charge on any atom is 0.173 e. The summed E-state index contributed by atoms with van der Waals surface area (Å²) in [6, 6.07) is 14.2. The number of rotatable bonds is 3. The first-order chi connectivity index (χ1) is 14.1. The van der Waals surface area contributed by atoms with Gasteiger partial charge in [-0.1, -0.05) is 30.0 Å². The normalized spacial score (nSPS) is 11.8. The number of nitrogen functional groups attached to an aromatic ring is 1. The molecule has 4 rings (SSSR count). The molecule has 3 N–H and O–H groups in total. The number of aliphatic hydroxyl groups is 1. The summed E-state index contributed by atoms with van der Waals surface area (Å²) in [7, 11) is 0. The molecule has 0 fully saturated rings. The highest BCUT2D eigenvalue weighted by Crippen LogP contribution is 2.29. The number of fused-ring (bicyclic) bond motifs is 1. The molecule has 5 heteroatoms. The lowest BCUT2D eigenvalue weighted by atomic mass is 9.96. The van der Waals surface area contributed by atoms with Crippen molar-refractivity contribution in [2.24, 2.45) is 0 Å². The smallest absolute Gasteiger partial charge is 0.173 e. The number of aromatic nitrogens is 3. The van der Waals surface area contributed by atoms with Crippen molar-refractivity contribution in [3.8, 4) is 23.0 Å². The molecule has 0 aliphatic carbocycles. The lowest BCUT2D eigenvalue weighted by molar-refractivity contribution is 0.222. The molecular weight excluding hydrogens is 360 g/mol. The second-order valence-electron chi connectivity index (χ2n) is 6.91. The van der Waals surface area contributed by atoms with Gasteiger partial charge in [-0.3, -0.25) is 0 Å². The summed E-state index contributed by atoms with van der Waals surface area (Å²) < 4.78 is 1.88. The van der Waals surface area contributed by atoms with Gasteiger partial charge in [-0.2, -0.15) is 0 Å². The zero-order valence-corrected chi connectivity index (χ0v) is 16.4. The third-order valence-electron chi connectivity index (χ3n) is 5.03. The highest BCUT2D eigenvalue weighted by molar-refractivity contribution is 5.94. The number of hydrogen-bond donors (Lipinski definition) is 2. The topological polar surface area (TPSA) is 77.0 Å². The lowest BCUT2D eigenvalue weighted by Gasteiger charge is -2.09. The van der Waals surface area contributed by atoms with Gasteiger partial charge in [-0.05, 0) is 60.2 Å². The van der Waals surface area contributed by atoms with Crippen LogP contribution in [-0.2, 0) is 6.54 Å². The Labute approximate surface area is 169 Å². The van der Waals surface area contributed by atoms with E-state index in [2.05, 4.69) is 46.9 Å². The molecule has 144 valence electrons. The summed E-state index contributed by atoms with van der Waals surface area (Å²) in [5.41, 5.74) is 10.2. The summed E-state index contributed by atoms with van der Waals surface area (Å²) in [4.78, 5) is 8.40. The molecule has 0 amide bonds. The fourth-order valence-electron chi connectivity index (χ4n) is 3.42. The van der Waals surface area contributed by atoms with E-state index in [0.29, 0.717) is 11.6 Å². The second-order valence-corrected chi connectivity index (χ2v) is 6.91. The molecule has 0 saturated heterocycles. The van der Waals surface area contributed by atoms with Crippen LogP contribution in [0.25, 0.3) is 21.9 Å². The van der Waals surface area contributed by atoms with Gasteiger partial charge in [0.1, 0.15) is 11.6 Å².